The Labute approximate surface area is 150 Å². The number of nitrogens with zero attached hydrogens (tertiary/aromatic N) is 1. The molecule has 0 aromatic carbocycles. The standard InChI is InChI=1S/C21H32N2O2/c1-21(7-6-15(25)10-14(21)12-24)19-5-4-16-17(18(19)11-22)9-13-3-2-8-23-20(13)16/h2-3,8,14-19,24-25H,4-7,9-12,22H2,1H3/t14-,15+,16+,17-,18+,19+,21+/m1/s1. The largest absolute Gasteiger partial charge is 0.396 e. The van der Waals surface area contributed by atoms with E-state index < -0.39 is 0 Å². The molecule has 2 saturated carbocycles. The molecule has 1 heterocycles. The second kappa shape index (κ2) is 6.64. The van der Waals surface area contributed by atoms with Gasteiger partial charge in [0, 0.05) is 24.4 Å². The number of fused-ring (bicyclic) bond motifs is 3. The minimum Gasteiger partial charge on any atom is -0.396 e. The van der Waals surface area contributed by atoms with Gasteiger partial charge in [-0.1, -0.05) is 13.0 Å². The first-order valence-corrected chi connectivity index (χ1v) is 10.0. The molecule has 0 bridgehead atoms. The zero-order valence-corrected chi connectivity index (χ0v) is 15.3. The van der Waals surface area contributed by atoms with Gasteiger partial charge in [-0.2, -0.15) is 0 Å². The molecule has 0 spiro atoms. The topological polar surface area (TPSA) is 79.4 Å². The van der Waals surface area contributed by atoms with Crippen molar-refractivity contribution in [3.63, 3.8) is 0 Å². The summed E-state index contributed by atoms with van der Waals surface area (Å²) in [5, 5.41) is 20.1. The zero-order chi connectivity index (χ0) is 17.6. The average molecular weight is 344 g/mol. The van der Waals surface area contributed by atoms with Crippen LogP contribution in [0.5, 0.6) is 0 Å². The molecule has 4 nitrogen and oxygen atoms in total. The van der Waals surface area contributed by atoms with E-state index in [1.54, 1.807) is 0 Å². The van der Waals surface area contributed by atoms with Gasteiger partial charge < -0.3 is 15.9 Å². The van der Waals surface area contributed by atoms with E-state index in [9.17, 15) is 10.2 Å². The predicted molar refractivity (Wildman–Crippen MR) is 98.0 cm³/mol. The smallest absolute Gasteiger partial charge is 0.0544 e. The highest BCUT2D eigenvalue weighted by atomic mass is 16.3. The van der Waals surface area contributed by atoms with E-state index >= 15 is 0 Å². The van der Waals surface area contributed by atoms with E-state index in [2.05, 4.69) is 19.1 Å². The maximum absolute atomic E-state index is 10.1. The Morgan fingerprint density at radius 2 is 2.16 bits per heavy atom. The summed E-state index contributed by atoms with van der Waals surface area (Å²) >= 11 is 0. The van der Waals surface area contributed by atoms with Gasteiger partial charge in [0.2, 0.25) is 0 Å². The molecule has 0 amide bonds. The molecular formula is C21H32N2O2. The molecule has 3 aliphatic carbocycles. The van der Waals surface area contributed by atoms with Crippen LogP contribution in [0.3, 0.4) is 0 Å². The summed E-state index contributed by atoms with van der Waals surface area (Å²) in [5.41, 5.74) is 9.15. The number of rotatable bonds is 3. The van der Waals surface area contributed by atoms with Gasteiger partial charge in [-0.05, 0) is 85.8 Å². The predicted octanol–water partition coefficient (Wildman–Crippen LogP) is 2.48. The molecular weight excluding hydrogens is 312 g/mol. The van der Waals surface area contributed by atoms with Crippen molar-refractivity contribution in [3.05, 3.63) is 29.6 Å². The van der Waals surface area contributed by atoms with Gasteiger partial charge in [0.1, 0.15) is 0 Å². The Morgan fingerprint density at radius 3 is 2.92 bits per heavy atom. The van der Waals surface area contributed by atoms with Gasteiger partial charge >= 0.3 is 0 Å². The van der Waals surface area contributed by atoms with Gasteiger partial charge in [0.05, 0.1) is 6.10 Å². The van der Waals surface area contributed by atoms with Crippen LogP contribution in [-0.2, 0) is 6.42 Å². The summed E-state index contributed by atoms with van der Waals surface area (Å²) in [4.78, 5) is 4.69. The number of nitrogens with two attached hydrogens (primary N) is 1. The van der Waals surface area contributed by atoms with Gasteiger partial charge in [0.15, 0.2) is 0 Å². The minimum atomic E-state index is -0.252. The number of aromatic nitrogens is 1. The molecule has 1 aromatic rings. The van der Waals surface area contributed by atoms with Crippen LogP contribution in [0, 0.1) is 29.1 Å². The Bertz CT molecular complexity index is 622. The first kappa shape index (κ1) is 17.4. The Morgan fingerprint density at radius 1 is 1.32 bits per heavy atom. The highest BCUT2D eigenvalue weighted by Gasteiger charge is 2.53. The van der Waals surface area contributed by atoms with Crippen LogP contribution in [0.4, 0.5) is 0 Å². The molecule has 2 fully saturated rings. The molecule has 0 unspecified atom stereocenters. The molecule has 0 radical (unpaired) electrons. The summed E-state index contributed by atoms with van der Waals surface area (Å²) in [6, 6.07) is 4.29. The fraction of sp³-hybridized carbons (Fsp3) is 0.762. The van der Waals surface area contributed by atoms with Crippen LogP contribution < -0.4 is 5.73 Å². The third kappa shape index (κ3) is 2.73. The van der Waals surface area contributed by atoms with E-state index in [-0.39, 0.29) is 24.0 Å². The summed E-state index contributed by atoms with van der Waals surface area (Å²) in [6.45, 7) is 3.25. The van der Waals surface area contributed by atoms with Crippen molar-refractivity contribution >= 4 is 0 Å². The average Bonchev–Trinajstić information content (AvgIpc) is 3.01. The maximum Gasteiger partial charge on any atom is 0.0544 e. The molecule has 4 N–H and O–H groups in total. The van der Waals surface area contributed by atoms with E-state index in [1.165, 1.54) is 24.1 Å². The monoisotopic (exact) mass is 344 g/mol. The number of hydrogen-bond donors (Lipinski definition) is 3. The van der Waals surface area contributed by atoms with Gasteiger partial charge in [-0.3, -0.25) is 4.98 Å². The third-order valence-corrected chi connectivity index (χ3v) is 7.95. The van der Waals surface area contributed by atoms with Crippen LogP contribution in [0.15, 0.2) is 18.3 Å². The molecule has 7 atom stereocenters. The molecule has 3 aliphatic rings. The van der Waals surface area contributed by atoms with Crippen LogP contribution >= 0.6 is 0 Å². The summed E-state index contributed by atoms with van der Waals surface area (Å²) in [7, 11) is 0. The minimum absolute atomic E-state index is 0.0885. The molecule has 4 heteroatoms. The number of aliphatic hydroxyl groups is 2. The van der Waals surface area contributed by atoms with Crippen molar-refractivity contribution in [2.45, 2.75) is 57.5 Å². The second-order valence-corrected chi connectivity index (χ2v) is 8.92. The third-order valence-electron chi connectivity index (χ3n) is 7.95. The molecule has 25 heavy (non-hydrogen) atoms. The summed E-state index contributed by atoms with van der Waals surface area (Å²) in [5.74, 6) is 2.37. The number of aliphatic hydroxyl groups excluding tert-OH is 2. The lowest BCUT2D eigenvalue weighted by Crippen LogP contribution is -2.50. The van der Waals surface area contributed by atoms with Crippen molar-refractivity contribution in [2.75, 3.05) is 13.2 Å². The van der Waals surface area contributed by atoms with E-state index in [4.69, 9.17) is 10.7 Å². The first-order chi connectivity index (χ1) is 12.1. The van der Waals surface area contributed by atoms with Crippen molar-refractivity contribution in [1.29, 1.82) is 0 Å². The van der Waals surface area contributed by atoms with Gasteiger partial charge in [-0.25, -0.2) is 0 Å². The van der Waals surface area contributed by atoms with E-state index in [0.29, 0.717) is 23.7 Å². The lowest BCUT2D eigenvalue weighted by Gasteiger charge is -2.54. The van der Waals surface area contributed by atoms with Crippen molar-refractivity contribution in [1.82, 2.24) is 4.98 Å². The molecule has 0 aliphatic heterocycles. The Hall–Kier alpha value is -0.970. The van der Waals surface area contributed by atoms with Crippen LogP contribution in [-0.4, -0.2) is 34.5 Å². The lowest BCUT2D eigenvalue weighted by molar-refractivity contribution is -0.0788. The zero-order valence-electron chi connectivity index (χ0n) is 15.3. The van der Waals surface area contributed by atoms with Crippen LogP contribution in [0.2, 0.25) is 0 Å². The van der Waals surface area contributed by atoms with Gasteiger partial charge in [0.25, 0.3) is 0 Å². The van der Waals surface area contributed by atoms with E-state index in [0.717, 1.165) is 32.2 Å². The van der Waals surface area contributed by atoms with Gasteiger partial charge in [-0.15, -0.1) is 0 Å². The first-order valence-electron chi connectivity index (χ1n) is 10.0. The fourth-order valence-electron chi connectivity index (χ4n) is 6.55. The van der Waals surface area contributed by atoms with Crippen molar-refractivity contribution in [3.8, 4) is 0 Å². The fourth-order valence-corrected chi connectivity index (χ4v) is 6.55. The van der Waals surface area contributed by atoms with Crippen LogP contribution in [0.25, 0.3) is 0 Å². The highest BCUT2D eigenvalue weighted by Crippen LogP contribution is 2.58. The van der Waals surface area contributed by atoms with E-state index in [1.807, 2.05) is 6.20 Å². The molecule has 138 valence electrons. The SMILES string of the molecule is C[C@]1([C@H]2CC[C@@H]3c4ncccc4C[C@H]3[C@@H]2CN)CC[C@H](O)C[C@@H]1CO. The normalized spacial score (nSPS) is 43.5. The molecule has 4 rings (SSSR count). The lowest BCUT2D eigenvalue weighted by atomic mass is 9.52. The highest BCUT2D eigenvalue weighted by molar-refractivity contribution is 5.32. The van der Waals surface area contributed by atoms with Crippen molar-refractivity contribution < 1.29 is 10.2 Å². The number of hydrogen-bond acceptors (Lipinski definition) is 4. The van der Waals surface area contributed by atoms with Crippen molar-refractivity contribution in [2.24, 2.45) is 34.8 Å². The quantitative estimate of drug-likeness (QED) is 0.787. The maximum atomic E-state index is 10.1. The molecule has 1 aromatic heterocycles. The van der Waals surface area contributed by atoms with Crippen LogP contribution in [0.1, 0.15) is 56.2 Å². The summed E-state index contributed by atoms with van der Waals surface area (Å²) < 4.78 is 0. The Balaban J connectivity index is 1.62. The summed E-state index contributed by atoms with van der Waals surface area (Å²) in [6.07, 6.45) is 7.73. The number of pyridine rings is 1. The second-order valence-electron chi connectivity index (χ2n) is 8.92. The Kier molecular flexibility index (Phi) is 4.63. The molecule has 0 saturated heterocycles.